The Labute approximate surface area is 88.3 Å². The number of anilines is 1. The first kappa shape index (κ1) is 11.4. The van der Waals surface area contributed by atoms with Gasteiger partial charge >= 0.3 is 0 Å². The summed E-state index contributed by atoms with van der Waals surface area (Å²) < 4.78 is 48.9. The highest BCUT2D eigenvalue weighted by Gasteiger charge is 2.09. The average Bonchev–Trinajstić information content (AvgIpc) is 2.01. The first-order chi connectivity index (χ1) is 6.43. The zero-order chi connectivity index (χ0) is 10.8. The molecular weight excluding hydrogens is 280 g/mol. The van der Waals surface area contributed by atoms with E-state index in [1.807, 2.05) is 4.72 Å². The largest absolute Gasteiger partial charge is 0.283 e. The molecule has 3 nitrogen and oxygen atoms in total. The summed E-state index contributed by atoms with van der Waals surface area (Å²) in [5.74, 6) is -1.67. The minimum absolute atomic E-state index is 0.137. The van der Waals surface area contributed by atoms with Crippen LogP contribution in [0, 0.1) is 11.6 Å². The Morgan fingerprint density at radius 1 is 1.21 bits per heavy atom. The Balaban J connectivity index is 2.98. The van der Waals surface area contributed by atoms with Crippen LogP contribution in [-0.4, -0.2) is 13.1 Å². The second kappa shape index (κ2) is 4.22. The van der Waals surface area contributed by atoms with E-state index in [0.29, 0.717) is 6.07 Å². The van der Waals surface area contributed by atoms with Crippen LogP contribution in [0.2, 0.25) is 0 Å². The molecule has 0 aliphatic heterocycles. The van der Waals surface area contributed by atoms with E-state index in [2.05, 4.69) is 15.9 Å². The van der Waals surface area contributed by atoms with Gasteiger partial charge in [0.15, 0.2) is 0 Å². The van der Waals surface area contributed by atoms with Crippen molar-refractivity contribution in [2.75, 3.05) is 9.38 Å². The quantitative estimate of drug-likeness (QED) is 0.864. The maximum absolute atomic E-state index is 12.6. The molecule has 1 aromatic carbocycles. The lowest BCUT2D eigenvalue weighted by Crippen LogP contribution is -2.13. The van der Waals surface area contributed by atoms with Gasteiger partial charge in [-0.05, 0) is 12.1 Å². The first-order valence-electron chi connectivity index (χ1n) is 3.45. The van der Waals surface area contributed by atoms with E-state index >= 15 is 0 Å². The van der Waals surface area contributed by atoms with E-state index in [4.69, 9.17) is 0 Å². The summed E-state index contributed by atoms with van der Waals surface area (Å²) in [6.45, 7) is 0. The molecule has 0 heterocycles. The number of sulfonamides is 1. The van der Waals surface area contributed by atoms with Crippen molar-refractivity contribution in [1.29, 1.82) is 0 Å². The molecule has 0 aliphatic carbocycles. The van der Waals surface area contributed by atoms with Crippen molar-refractivity contribution in [3.63, 3.8) is 0 Å². The second-order valence-corrected chi connectivity index (χ2v) is 5.51. The lowest BCUT2D eigenvalue weighted by atomic mass is 10.3. The summed E-state index contributed by atoms with van der Waals surface area (Å²) in [5, 5.41) is 0. The van der Waals surface area contributed by atoms with Crippen LogP contribution in [0.4, 0.5) is 14.5 Å². The maximum Gasteiger partial charge on any atom is 0.242 e. The van der Waals surface area contributed by atoms with Crippen molar-refractivity contribution in [1.82, 2.24) is 0 Å². The minimum Gasteiger partial charge on any atom is -0.283 e. The molecule has 0 atom stereocenters. The molecule has 0 amide bonds. The standard InChI is InChI=1S/C7H6BrF2NO2S/c8-4-14(12,13)11-7-2-5(9)1-6(10)3-7/h1-3,11H,4H2. The highest BCUT2D eigenvalue weighted by atomic mass is 79.9. The summed E-state index contributed by atoms with van der Waals surface area (Å²) >= 11 is 2.73. The highest BCUT2D eigenvalue weighted by Crippen LogP contribution is 2.14. The van der Waals surface area contributed by atoms with E-state index in [0.717, 1.165) is 12.1 Å². The van der Waals surface area contributed by atoms with Crippen molar-refractivity contribution < 1.29 is 17.2 Å². The molecule has 0 radical (unpaired) electrons. The Morgan fingerprint density at radius 2 is 1.71 bits per heavy atom. The van der Waals surface area contributed by atoms with E-state index < -0.39 is 21.7 Å². The number of rotatable bonds is 3. The third-order valence-electron chi connectivity index (χ3n) is 1.28. The molecule has 0 aliphatic rings. The molecular formula is C7H6BrF2NO2S. The molecule has 0 fully saturated rings. The van der Waals surface area contributed by atoms with E-state index in [1.54, 1.807) is 0 Å². The number of hydrogen-bond donors (Lipinski definition) is 1. The molecule has 0 saturated carbocycles. The van der Waals surface area contributed by atoms with Crippen LogP contribution in [0.15, 0.2) is 18.2 Å². The Kier molecular flexibility index (Phi) is 3.43. The van der Waals surface area contributed by atoms with E-state index in [9.17, 15) is 17.2 Å². The molecule has 1 aromatic rings. The number of nitrogens with one attached hydrogen (secondary N) is 1. The Hall–Kier alpha value is -0.690. The lowest BCUT2D eigenvalue weighted by Gasteiger charge is -2.04. The van der Waals surface area contributed by atoms with Crippen LogP contribution in [0.25, 0.3) is 0 Å². The van der Waals surface area contributed by atoms with Gasteiger partial charge in [0, 0.05) is 6.07 Å². The summed E-state index contributed by atoms with van der Waals surface area (Å²) in [6, 6.07) is 2.44. The molecule has 0 unspecified atom stereocenters. The molecule has 0 saturated heterocycles. The fraction of sp³-hybridized carbons (Fsp3) is 0.143. The highest BCUT2D eigenvalue weighted by molar-refractivity contribution is 9.10. The predicted octanol–water partition coefficient (Wildman–Crippen LogP) is 2.06. The molecule has 78 valence electrons. The van der Waals surface area contributed by atoms with Crippen LogP contribution in [0.1, 0.15) is 0 Å². The normalized spacial score (nSPS) is 11.4. The van der Waals surface area contributed by atoms with E-state index in [-0.39, 0.29) is 10.3 Å². The van der Waals surface area contributed by atoms with E-state index in [1.165, 1.54) is 0 Å². The second-order valence-electron chi connectivity index (χ2n) is 2.48. The third-order valence-corrected chi connectivity index (χ3v) is 3.92. The van der Waals surface area contributed by atoms with Crippen molar-refractivity contribution in [2.45, 2.75) is 0 Å². The van der Waals surface area contributed by atoms with Crippen molar-refractivity contribution in [2.24, 2.45) is 0 Å². The SMILES string of the molecule is O=S(=O)(CBr)Nc1cc(F)cc(F)c1. The minimum atomic E-state index is -3.57. The monoisotopic (exact) mass is 285 g/mol. The molecule has 0 aromatic heterocycles. The van der Waals surface area contributed by atoms with Crippen molar-refractivity contribution >= 4 is 31.6 Å². The van der Waals surface area contributed by atoms with Gasteiger partial charge in [0.05, 0.1) is 5.69 Å². The van der Waals surface area contributed by atoms with Gasteiger partial charge in [-0.25, -0.2) is 17.2 Å². The lowest BCUT2D eigenvalue weighted by molar-refractivity contribution is 0.584. The van der Waals surface area contributed by atoms with Gasteiger partial charge < -0.3 is 0 Å². The summed E-state index contributed by atoms with van der Waals surface area (Å²) in [5.41, 5.74) is -0.137. The average molecular weight is 286 g/mol. The summed E-state index contributed by atoms with van der Waals surface area (Å²) in [6.07, 6.45) is 0. The number of alkyl halides is 1. The summed E-state index contributed by atoms with van der Waals surface area (Å²) in [7, 11) is -3.57. The molecule has 7 heteroatoms. The predicted molar refractivity (Wildman–Crippen MR) is 52.7 cm³/mol. The van der Waals surface area contributed by atoms with Crippen LogP contribution in [0.3, 0.4) is 0 Å². The zero-order valence-electron chi connectivity index (χ0n) is 6.80. The molecule has 1 rings (SSSR count). The Morgan fingerprint density at radius 3 is 2.14 bits per heavy atom. The zero-order valence-corrected chi connectivity index (χ0v) is 9.20. The van der Waals surface area contributed by atoms with Gasteiger partial charge in [0.2, 0.25) is 10.0 Å². The molecule has 0 bridgehead atoms. The van der Waals surface area contributed by atoms with Gasteiger partial charge in [0.25, 0.3) is 0 Å². The third kappa shape index (κ3) is 3.22. The maximum atomic E-state index is 12.6. The van der Waals surface area contributed by atoms with Crippen LogP contribution < -0.4 is 4.72 Å². The van der Waals surface area contributed by atoms with Gasteiger partial charge in [0.1, 0.15) is 16.3 Å². The van der Waals surface area contributed by atoms with Crippen molar-refractivity contribution in [3.8, 4) is 0 Å². The fourth-order valence-electron chi connectivity index (χ4n) is 0.820. The van der Waals surface area contributed by atoms with Gasteiger partial charge in [-0.3, -0.25) is 4.72 Å². The van der Waals surface area contributed by atoms with Crippen LogP contribution >= 0.6 is 15.9 Å². The van der Waals surface area contributed by atoms with Crippen LogP contribution in [-0.2, 0) is 10.0 Å². The fourth-order valence-corrected chi connectivity index (χ4v) is 1.69. The van der Waals surface area contributed by atoms with Gasteiger partial charge in [-0.15, -0.1) is 0 Å². The summed E-state index contributed by atoms with van der Waals surface area (Å²) in [4.78, 5) is 0. The van der Waals surface area contributed by atoms with Crippen molar-refractivity contribution in [3.05, 3.63) is 29.8 Å². The smallest absolute Gasteiger partial charge is 0.242 e. The number of benzene rings is 1. The van der Waals surface area contributed by atoms with Crippen LogP contribution in [0.5, 0.6) is 0 Å². The number of halogens is 3. The van der Waals surface area contributed by atoms with Gasteiger partial charge in [-0.2, -0.15) is 0 Å². The topological polar surface area (TPSA) is 46.2 Å². The first-order valence-corrected chi connectivity index (χ1v) is 6.23. The molecule has 0 spiro atoms. The molecule has 14 heavy (non-hydrogen) atoms. The Bertz CT molecular complexity index is 415. The molecule has 1 N–H and O–H groups in total. The van der Waals surface area contributed by atoms with Gasteiger partial charge in [-0.1, -0.05) is 15.9 Å². The number of hydrogen-bond acceptors (Lipinski definition) is 2.